The van der Waals surface area contributed by atoms with Crippen molar-refractivity contribution in [2.75, 3.05) is 32.8 Å². The first-order chi connectivity index (χ1) is 11.3. The molecule has 0 amide bonds. The Morgan fingerprint density at radius 3 is 2.88 bits per heavy atom. The van der Waals surface area contributed by atoms with Crippen molar-refractivity contribution in [2.24, 2.45) is 4.99 Å². The maximum atomic E-state index is 13.1. The lowest BCUT2D eigenvalue weighted by Gasteiger charge is -2.14. The highest BCUT2D eigenvalue weighted by atomic mass is 127. The summed E-state index contributed by atoms with van der Waals surface area (Å²) >= 11 is 0. The molecule has 0 radical (unpaired) electrons. The van der Waals surface area contributed by atoms with Gasteiger partial charge in [-0.15, -0.1) is 24.0 Å². The topological polar surface area (TPSA) is 45.7 Å². The van der Waals surface area contributed by atoms with E-state index in [2.05, 4.69) is 21.7 Å². The largest absolute Gasteiger partial charge is 0.377 e. The summed E-state index contributed by atoms with van der Waals surface area (Å²) in [6.45, 7) is 5.91. The van der Waals surface area contributed by atoms with Crippen LogP contribution in [0.1, 0.15) is 25.3 Å². The first-order valence-corrected chi connectivity index (χ1v) is 8.30. The van der Waals surface area contributed by atoms with Gasteiger partial charge in [0.1, 0.15) is 5.82 Å². The maximum Gasteiger partial charge on any atom is 0.191 e. The Morgan fingerprint density at radius 1 is 1.29 bits per heavy atom. The monoisotopic (exact) mass is 447 g/mol. The average Bonchev–Trinajstić information content (AvgIpc) is 2.56. The van der Waals surface area contributed by atoms with Crippen LogP contribution in [0.15, 0.2) is 40.9 Å². The summed E-state index contributed by atoms with van der Waals surface area (Å²) < 4.78 is 18.5. The van der Waals surface area contributed by atoms with Gasteiger partial charge < -0.3 is 15.4 Å². The van der Waals surface area contributed by atoms with E-state index in [1.807, 2.05) is 13.0 Å². The third-order valence-corrected chi connectivity index (χ3v) is 3.70. The maximum absolute atomic E-state index is 13.1. The second kappa shape index (κ2) is 12.2. The number of nitrogens with one attached hydrogen (secondary N) is 2. The fourth-order valence-corrected chi connectivity index (χ4v) is 2.46. The Balaban J connectivity index is 0.00000288. The minimum atomic E-state index is -0.187. The average molecular weight is 447 g/mol. The van der Waals surface area contributed by atoms with E-state index in [0.29, 0.717) is 0 Å². The molecule has 134 valence electrons. The number of hydrogen-bond donors (Lipinski definition) is 2. The van der Waals surface area contributed by atoms with E-state index in [0.717, 1.165) is 63.6 Å². The molecule has 0 saturated heterocycles. The molecule has 0 saturated carbocycles. The molecule has 0 aliphatic carbocycles. The van der Waals surface area contributed by atoms with Gasteiger partial charge in [-0.1, -0.05) is 23.8 Å². The quantitative estimate of drug-likeness (QED) is 0.292. The number of rotatable bonds is 7. The fraction of sp³-hybridized carbons (Fsp3) is 0.500. The molecule has 6 heteroatoms. The third kappa shape index (κ3) is 8.10. The van der Waals surface area contributed by atoms with Gasteiger partial charge in [-0.2, -0.15) is 0 Å². The molecule has 24 heavy (non-hydrogen) atoms. The van der Waals surface area contributed by atoms with Crippen LogP contribution in [-0.2, 0) is 11.2 Å². The van der Waals surface area contributed by atoms with Crippen LogP contribution in [0, 0.1) is 5.82 Å². The standard InChI is InChI=1S/C18H26FN3O.HI/c1-2-20-18(21-10-6-15-8-12-23-13-9-15)22-11-7-16-4-3-5-17(19)14-16;/h3-5,8,14H,2,6-7,9-13H2,1H3,(H2,20,21,22);1H. The third-order valence-electron chi connectivity index (χ3n) is 3.70. The zero-order chi connectivity index (χ0) is 16.3. The van der Waals surface area contributed by atoms with Gasteiger partial charge in [-0.25, -0.2) is 4.39 Å². The molecule has 0 fully saturated rings. The summed E-state index contributed by atoms with van der Waals surface area (Å²) in [6, 6.07) is 6.72. The number of ether oxygens (including phenoxy) is 1. The Morgan fingerprint density at radius 2 is 2.17 bits per heavy atom. The van der Waals surface area contributed by atoms with Gasteiger partial charge in [0.2, 0.25) is 0 Å². The summed E-state index contributed by atoms with van der Waals surface area (Å²) in [5, 5.41) is 6.54. The van der Waals surface area contributed by atoms with Crippen LogP contribution < -0.4 is 10.6 Å². The predicted molar refractivity (Wildman–Crippen MR) is 108 cm³/mol. The van der Waals surface area contributed by atoms with E-state index < -0.39 is 0 Å². The van der Waals surface area contributed by atoms with Crippen LogP contribution in [0.5, 0.6) is 0 Å². The number of halogens is 2. The van der Waals surface area contributed by atoms with Crippen LogP contribution in [0.3, 0.4) is 0 Å². The van der Waals surface area contributed by atoms with Crippen molar-refractivity contribution in [1.29, 1.82) is 0 Å². The van der Waals surface area contributed by atoms with Gasteiger partial charge in [0, 0.05) is 19.6 Å². The van der Waals surface area contributed by atoms with Crippen molar-refractivity contribution >= 4 is 29.9 Å². The SMILES string of the molecule is CCNC(=NCCC1=CCOCC1)NCCc1cccc(F)c1.I. The summed E-state index contributed by atoms with van der Waals surface area (Å²) in [5.41, 5.74) is 2.41. The summed E-state index contributed by atoms with van der Waals surface area (Å²) in [5.74, 6) is 0.629. The lowest BCUT2D eigenvalue weighted by atomic mass is 10.1. The van der Waals surface area contributed by atoms with Gasteiger partial charge in [0.05, 0.1) is 13.2 Å². The second-order valence-corrected chi connectivity index (χ2v) is 5.50. The van der Waals surface area contributed by atoms with Gasteiger partial charge in [0.15, 0.2) is 5.96 Å². The molecular formula is C18H27FIN3O. The number of benzene rings is 1. The number of hydrogen-bond acceptors (Lipinski definition) is 2. The minimum Gasteiger partial charge on any atom is -0.377 e. The van der Waals surface area contributed by atoms with Crippen molar-refractivity contribution in [1.82, 2.24) is 10.6 Å². The second-order valence-electron chi connectivity index (χ2n) is 5.50. The molecule has 1 aliphatic heterocycles. The molecule has 0 atom stereocenters. The van der Waals surface area contributed by atoms with Gasteiger partial charge in [-0.05, 0) is 43.9 Å². The zero-order valence-electron chi connectivity index (χ0n) is 14.2. The van der Waals surface area contributed by atoms with E-state index >= 15 is 0 Å². The van der Waals surface area contributed by atoms with Crippen molar-refractivity contribution in [3.63, 3.8) is 0 Å². The Labute approximate surface area is 161 Å². The van der Waals surface area contributed by atoms with E-state index in [-0.39, 0.29) is 29.8 Å². The molecule has 1 aliphatic rings. The summed E-state index contributed by atoms with van der Waals surface area (Å²) in [4.78, 5) is 4.60. The Bertz CT molecular complexity index is 549. The Hall–Kier alpha value is -1.15. The van der Waals surface area contributed by atoms with E-state index in [1.165, 1.54) is 11.6 Å². The first-order valence-electron chi connectivity index (χ1n) is 8.30. The number of nitrogens with zero attached hydrogens (tertiary/aromatic N) is 1. The lowest BCUT2D eigenvalue weighted by molar-refractivity contribution is 0.153. The highest BCUT2D eigenvalue weighted by Gasteiger charge is 2.03. The predicted octanol–water partition coefficient (Wildman–Crippen LogP) is 3.28. The van der Waals surface area contributed by atoms with Crippen LogP contribution in [0.2, 0.25) is 0 Å². The van der Waals surface area contributed by atoms with Gasteiger partial charge >= 0.3 is 0 Å². The number of aliphatic imine (C=N–C) groups is 1. The highest BCUT2D eigenvalue weighted by Crippen LogP contribution is 2.11. The zero-order valence-corrected chi connectivity index (χ0v) is 16.5. The molecular weight excluding hydrogens is 420 g/mol. The first kappa shape index (κ1) is 20.9. The van der Waals surface area contributed by atoms with Crippen LogP contribution >= 0.6 is 24.0 Å². The fourth-order valence-electron chi connectivity index (χ4n) is 2.46. The lowest BCUT2D eigenvalue weighted by Crippen LogP contribution is -2.38. The van der Waals surface area contributed by atoms with E-state index in [4.69, 9.17) is 4.74 Å². The Kier molecular flexibility index (Phi) is 10.7. The molecule has 1 heterocycles. The smallest absolute Gasteiger partial charge is 0.191 e. The highest BCUT2D eigenvalue weighted by molar-refractivity contribution is 14.0. The summed E-state index contributed by atoms with van der Waals surface area (Å²) in [6.07, 6.45) is 4.91. The van der Waals surface area contributed by atoms with Crippen molar-refractivity contribution in [3.05, 3.63) is 47.3 Å². The molecule has 4 nitrogen and oxygen atoms in total. The van der Waals surface area contributed by atoms with E-state index in [9.17, 15) is 4.39 Å². The van der Waals surface area contributed by atoms with Crippen LogP contribution in [0.4, 0.5) is 4.39 Å². The van der Waals surface area contributed by atoms with Crippen molar-refractivity contribution in [3.8, 4) is 0 Å². The van der Waals surface area contributed by atoms with E-state index in [1.54, 1.807) is 12.1 Å². The van der Waals surface area contributed by atoms with Crippen LogP contribution in [-0.4, -0.2) is 38.8 Å². The van der Waals surface area contributed by atoms with Crippen molar-refractivity contribution in [2.45, 2.75) is 26.2 Å². The summed E-state index contributed by atoms with van der Waals surface area (Å²) in [7, 11) is 0. The number of guanidine groups is 1. The van der Waals surface area contributed by atoms with Gasteiger partial charge in [0.25, 0.3) is 0 Å². The molecule has 1 aromatic rings. The molecule has 0 unspecified atom stereocenters. The van der Waals surface area contributed by atoms with Crippen LogP contribution in [0.25, 0.3) is 0 Å². The van der Waals surface area contributed by atoms with Crippen molar-refractivity contribution < 1.29 is 9.13 Å². The molecule has 0 spiro atoms. The molecule has 0 aromatic heterocycles. The molecule has 0 bridgehead atoms. The minimum absolute atomic E-state index is 0. The molecule has 2 N–H and O–H groups in total. The van der Waals surface area contributed by atoms with Gasteiger partial charge in [-0.3, -0.25) is 4.99 Å². The normalized spacial score (nSPS) is 14.6. The molecule has 1 aromatic carbocycles. The molecule has 2 rings (SSSR count).